The maximum Gasteiger partial charge on any atom is 0.172 e. The zero-order valence-corrected chi connectivity index (χ0v) is 13.2. The number of thiophene rings is 1. The Bertz CT molecular complexity index is 619. The van der Waals surface area contributed by atoms with Crippen LogP contribution in [0.5, 0.6) is 0 Å². The van der Waals surface area contributed by atoms with Gasteiger partial charge in [-0.1, -0.05) is 6.92 Å². The van der Waals surface area contributed by atoms with Crippen molar-refractivity contribution >= 4 is 33.0 Å². The second-order valence-electron chi connectivity index (χ2n) is 4.42. The van der Waals surface area contributed by atoms with Crippen LogP contribution in [-0.4, -0.2) is 5.78 Å². The number of halogens is 2. The van der Waals surface area contributed by atoms with Gasteiger partial charge in [0.25, 0.3) is 0 Å². The number of aryl methyl sites for hydroxylation is 1. The van der Waals surface area contributed by atoms with Crippen molar-refractivity contribution in [2.75, 3.05) is 0 Å². The third-order valence-electron chi connectivity index (χ3n) is 2.89. The first-order chi connectivity index (χ1) is 9.02. The fourth-order valence-electron chi connectivity index (χ4n) is 1.89. The minimum absolute atomic E-state index is 0.178. The van der Waals surface area contributed by atoms with Gasteiger partial charge in [0.15, 0.2) is 5.78 Å². The van der Waals surface area contributed by atoms with Gasteiger partial charge < -0.3 is 0 Å². The summed E-state index contributed by atoms with van der Waals surface area (Å²) in [5.41, 5.74) is 1.84. The van der Waals surface area contributed by atoms with Gasteiger partial charge in [0.05, 0.1) is 9.35 Å². The lowest BCUT2D eigenvalue weighted by Crippen LogP contribution is -1.93. The average Bonchev–Trinajstić information content (AvgIpc) is 2.83. The Morgan fingerprint density at radius 1 is 1.37 bits per heavy atom. The van der Waals surface area contributed by atoms with E-state index in [1.807, 2.05) is 26.0 Å². The molecule has 1 aromatic carbocycles. The molecule has 0 fully saturated rings. The summed E-state index contributed by atoms with van der Waals surface area (Å²) in [7, 11) is 0. The van der Waals surface area contributed by atoms with Crippen molar-refractivity contribution in [1.82, 2.24) is 0 Å². The number of hydrogen-bond acceptors (Lipinski definition) is 2. The van der Waals surface area contributed by atoms with E-state index in [9.17, 15) is 9.18 Å². The third kappa shape index (κ3) is 3.12. The van der Waals surface area contributed by atoms with Crippen LogP contribution in [0.3, 0.4) is 0 Å². The number of Topliss-reactive ketones (excluding diaryl/α,β-unsaturated/α-hetero) is 1. The predicted octanol–water partition coefficient (Wildman–Crippen LogP) is 5.61. The molecule has 0 aliphatic carbocycles. The van der Waals surface area contributed by atoms with Gasteiger partial charge in [-0.2, -0.15) is 0 Å². The summed E-state index contributed by atoms with van der Waals surface area (Å²) in [5.74, 6) is -0.0855. The van der Waals surface area contributed by atoms with Gasteiger partial charge in [-0.25, -0.2) is 4.39 Å². The Kier molecular flexibility index (Phi) is 4.53. The summed E-state index contributed by atoms with van der Waals surface area (Å²) in [6, 6.07) is 7.06. The molecule has 0 spiro atoms. The Morgan fingerprint density at radius 2 is 2.11 bits per heavy atom. The quantitative estimate of drug-likeness (QED) is 0.661. The molecular formula is C15H14BrFOS. The first-order valence-electron chi connectivity index (χ1n) is 6.12. The van der Waals surface area contributed by atoms with Crippen LogP contribution in [0.25, 0.3) is 10.4 Å². The van der Waals surface area contributed by atoms with Gasteiger partial charge in [0, 0.05) is 11.3 Å². The largest absolute Gasteiger partial charge is 0.293 e. The maximum absolute atomic E-state index is 13.4. The normalized spacial score (nSPS) is 10.7. The number of carbonyl (C=O) groups is 1. The molecule has 0 saturated carbocycles. The molecule has 1 aromatic heterocycles. The molecule has 0 aliphatic heterocycles. The third-order valence-corrected chi connectivity index (χ3v) is 4.66. The van der Waals surface area contributed by atoms with E-state index >= 15 is 0 Å². The van der Waals surface area contributed by atoms with Gasteiger partial charge in [0.1, 0.15) is 5.82 Å². The molecule has 0 radical (unpaired) electrons. The molecule has 0 N–H and O–H groups in total. The summed E-state index contributed by atoms with van der Waals surface area (Å²) in [5, 5.41) is 0. The molecule has 0 saturated heterocycles. The van der Waals surface area contributed by atoms with E-state index in [2.05, 4.69) is 15.9 Å². The van der Waals surface area contributed by atoms with Crippen molar-refractivity contribution in [3.8, 4) is 10.4 Å². The Balaban J connectivity index is 2.38. The standard InChI is InChI=1S/C15H14BrFOS/c1-3-4-13(18)15-6-5-14(19-15)10-8-11(16)12(17)7-9(10)2/h5-8H,3-4H2,1-2H3. The lowest BCUT2D eigenvalue weighted by atomic mass is 10.1. The van der Waals surface area contributed by atoms with Gasteiger partial charge in [-0.3, -0.25) is 4.79 Å². The van der Waals surface area contributed by atoms with E-state index in [1.165, 1.54) is 17.4 Å². The van der Waals surface area contributed by atoms with E-state index < -0.39 is 0 Å². The monoisotopic (exact) mass is 340 g/mol. The zero-order chi connectivity index (χ0) is 14.0. The van der Waals surface area contributed by atoms with Crippen LogP contribution in [0.1, 0.15) is 35.0 Å². The van der Waals surface area contributed by atoms with E-state index in [0.717, 1.165) is 27.3 Å². The second-order valence-corrected chi connectivity index (χ2v) is 6.36. The van der Waals surface area contributed by atoms with Crippen LogP contribution in [-0.2, 0) is 0 Å². The summed E-state index contributed by atoms with van der Waals surface area (Å²) < 4.78 is 13.9. The Morgan fingerprint density at radius 3 is 2.79 bits per heavy atom. The van der Waals surface area contributed by atoms with Crippen LogP contribution in [0.2, 0.25) is 0 Å². The SMILES string of the molecule is CCCC(=O)c1ccc(-c2cc(Br)c(F)cc2C)s1. The smallest absolute Gasteiger partial charge is 0.172 e. The van der Waals surface area contributed by atoms with E-state index in [0.29, 0.717) is 10.9 Å². The fraction of sp³-hybridized carbons (Fsp3) is 0.267. The molecule has 100 valence electrons. The van der Waals surface area contributed by atoms with Crippen molar-refractivity contribution in [3.63, 3.8) is 0 Å². The summed E-state index contributed by atoms with van der Waals surface area (Å²) >= 11 is 4.67. The van der Waals surface area contributed by atoms with Crippen LogP contribution in [0, 0.1) is 12.7 Å². The van der Waals surface area contributed by atoms with Crippen molar-refractivity contribution in [1.29, 1.82) is 0 Å². The van der Waals surface area contributed by atoms with Gasteiger partial charge in [0.2, 0.25) is 0 Å². The summed E-state index contributed by atoms with van der Waals surface area (Å²) in [6.07, 6.45) is 1.43. The Hall–Kier alpha value is -1.00. The van der Waals surface area contributed by atoms with E-state index in [1.54, 1.807) is 6.07 Å². The molecule has 1 nitrogen and oxygen atoms in total. The first-order valence-corrected chi connectivity index (χ1v) is 7.73. The molecule has 0 aliphatic rings. The van der Waals surface area contributed by atoms with Gasteiger partial charge in [-0.05, 0) is 64.7 Å². The molecule has 19 heavy (non-hydrogen) atoms. The van der Waals surface area contributed by atoms with Crippen LogP contribution in [0.4, 0.5) is 4.39 Å². The fourth-order valence-corrected chi connectivity index (χ4v) is 3.29. The highest BCUT2D eigenvalue weighted by Gasteiger charge is 2.12. The highest BCUT2D eigenvalue weighted by molar-refractivity contribution is 9.10. The zero-order valence-electron chi connectivity index (χ0n) is 10.8. The summed E-state index contributed by atoms with van der Waals surface area (Å²) in [4.78, 5) is 13.6. The molecule has 0 bridgehead atoms. The van der Waals surface area contributed by atoms with Crippen molar-refractivity contribution in [2.24, 2.45) is 0 Å². The number of rotatable bonds is 4. The summed E-state index contributed by atoms with van der Waals surface area (Å²) in [6.45, 7) is 3.87. The molecule has 0 atom stereocenters. The lowest BCUT2D eigenvalue weighted by molar-refractivity contribution is 0.0985. The molecular weight excluding hydrogens is 327 g/mol. The average molecular weight is 341 g/mol. The molecule has 2 aromatic rings. The number of hydrogen-bond donors (Lipinski definition) is 0. The van der Waals surface area contributed by atoms with E-state index in [4.69, 9.17) is 0 Å². The van der Waals surface area contributed by atoms with Gasteiger partial charge in [-0.15, -0.1) is 11.3 Å². The molecule has 0 unspecified atom stereocenters. The second kappa shape index (κ2) is 5.97. The van der Waals surface area contributed by atoms with Crippen molar-refractivity contribution < 1.29 is 9.18 Å². The highest BCUT2D eigenvalue weighted by atomic mass is 79.9. The van der Waals surface area contributed by atoms with Crippen LogP contribution >= 0.6 is 27.3 Å². The highest BCUT2D eigenvalue weighted by Crippen LogP contribution is 2.34. The van der Waals surface area contributed by atoms with E-state index in [-0.39, 0.29) is 11.6 Å². The first kappa shape index (κ1) is 14.4. The predicted molar refractivity (Wildman–Crippen MR) is 81.4 cm³/mol. The topological polar surface area (TPSA) is 17.1 Å². The van der Waals surface area contributed by atoms with Crippen molar-refractivity contribution in [3.05, 3.63) is 45.0 Å². The number of ketones is 1. The molecule has 0 amide bonds. The number of carbonyl (C=O) groups excluding carboxylic acids is 1. The minimum Gasteiger partial charge on any atom is -0.293 e. The minimum atomic E-state index is -0.264. The molecule has 4 heteroatoms. The van der Waals surface area contributed by atoms with Crippen LogP contribution < -0.4 is 0 Å². The molecule has 1 heterocycles. The Labute approximate surface area is 124 Å². The maximum atomic E-state index is 13.4. The lowest BCUT2D eigenvalue weighted by Gasteiger charge is -2.05. The van der Waals surface area contributed by atoms with Crippen molar-refractivity contribution in [2.45, 2.75) is 26.7 Å². The number of benzene rings is 1. The molecule has 2 rings (SSSR count). The van der Waals surface area contributed by atoms with Gasteiger partial charge >= 0.3 is 0 Å². The van der Waals surface area contributed by atoms with Crippen LogP contribution in [0.15, 0.2) is 28.7 Å².